The average Bonchev–Trinajstić information content (AvgIpc) is 2.88. The molecular weight excluding hydrogens is 334 g/mol. The molecule has 0 bridgehead atoms. The third kappa shape index (κ3) is 3.30. The predicted molar refractivity (Wildman–Crippen MR) is 84.7 cm³/mol. The summed E-state index contributed by atoms with van der Waals surface area (Å²) >= 11 is 3.59. The smallest absolute Gasteiger partial charge is 0.235 e. The summed E-state index contributed by atoms with van der Waals surface area (Å²) in [6.45, 7) is 3.94. The van der Waals surface area contributed by atoms with Crippen LogP contribution >= 0.6 is 15.9 Å². The van der Waals surface area contributed by atoms with Crippen LogP contribution in [0.25, 0.3) is 0 Å². The molecule has 21 heavy (non-hydrogen) atoms. The number of methoxy groups -OCH3 is 1. The Morgan fingerprint density at radius 2 is 1.95 bits per heavy atom. The molecule has 114 valence electrons. The van der Waals surface area contributed by atoms with Crippen molar-refractivity contribution in [2.75, 3.05) is 7.11 Å². The van der Waals surface area contributed by atoms with Gasteiger partial charge in [-0.1, -0.05) is 28.8 Å². The Hall–Kier alpha value is -1.32. The third-order valence-corrected chi connectivity index (χ3v) is 4.46. The van der Waals surface area contributed by atoms with E-state index in [0.29, 0.717) is 11.5 Å². The van der Waals surface area contributed by atoms with Gasteiger partial charge in [0.25, 0.3) is 0 Å². The Balaban J connectivity index is 2.51. The molecule has 1 aliphatic carbocycles. The van der Waals surface area contributed by atoms with Gasteiger partial charge in [-0.25, -0.2) is 4.79 Å². The lowest BCUT2D eigenvalue weighted by Gasteiger charge is -2.26. The first kappa shape index (κ1) is 16.1. The van der Waals surface area contributed by atoms with Gasteiger partial charge in [-0.05, 0) is 44.4 Å². The summed E-state index contributed by atoms with van der Waals surface area (Å²) in [5, 5.41) is 0. The molecule has 4 nitrogen and oxygen atoms in total. The summed E-state index contributed by atoms with van der Waals surface area (Å²) in [6.07, 6.45) is 5.63. The number of carbonyl (C=O) groups excluding carboxylic acids is 1. The highest BCUT2D eigenvalue weighted by atomic mass is 79.9. The van der Waals surface area contributed by atoms with Gasteiger partial charge < -0.3 is 9.47 Å². The van der Waals surface area contributed by atoms with Crippen LogP contribution in [0.15, 0.2) is 21.6 Å². The maximum atomic E-state index is 10.9. The molecule has 0 amide bonds. The van der Waals surface area contributed by atoms with E-state index in [1.807, 2.05) is 26.0 Å². The highest BCUT2D eigenvalue weighted by Gasteiger charge is 2.38. The monoisotopic (exact) mass is 353 g/mol. The topological polar surface area (TPSA) is 47.9 Å². The quantitative estimate of drug-likeness (QED) is 0.583. The van der Waals surface area contributed by atoms with Gasteiger partial charge >= 0.3 is 0 Å². The molecule has 5 heteroatoms. The maximum absolute atomic E-state index is 10.9. The first-order valence-electron chi connectivity index (χ1n) is 7.16. The van der Waals surface area contributed by atoms with Crippen LogP contribution < -0.4 is 9.47 Å². The van der Waals surface area contributed by atoms with E-state index >= 15 is 0 Å². The Morgan fingerprint density at radius 1 is 1.29 bits per heavy atom. The Kier molecular flexibility index (Phi) is 5.07. The van der Waals surface area contributed by atoms with E-state index < -0.39 is 5.54 Å². The van der Waals surface area contributed by atoms with E-state index in [1.54, 1.807) is 13.2 Å². The van der Waals surface area contributed by atoms with E-state index in [-0.39, 0.29) is 6.10 Å². The van der Waals surface area contributed by atoms with E-state index in [4.69, 9.17) is 9.47 Å². The number of isocyanates is 1. The van der Waals surface area contributed by atoms with E-state index in [2.05, 4.69) is 20.9 Å². The van der Waals surface area contributed by atoms with Gasteiger partial charge in [0, 0.05) is 4.47 Å². The van der Waals surface area contributed by atoms with E-state index in [9.17, 15) is 4.79 Å². The number of benzene rings is 1. The maximum Gasteiger partial charge on any atom is 0.235 e. The van der Waals surface area contributed by atoms with Crippen LogP contribution in [-0.2, 0) is 10.3 Å². The number of aliphatic imine (C=N–C) groups is 1. The second-order valence-electron chi connectivity index (χ2n) is 5.59. The lowest BCUT2D eigenvalue weighted by atomic mass is 9.88. The minimum atomic E-state index is -0.482. The lowest BCUT2D eigenvalue weighted by molar-refractivity contribution is 0.229. The van der Waals surface area contributed by atoms with Gasteiger partial charge in [0.1, 0.15) is 0 Å². The largest absolute Gasteiger partial charge is 0.493 e. The van der Waals surface area contributed by atoms with Crippen LogP contribution in [0.1, 0.15) is 45.1 Å². The molecule has 0 unspecified atom stereocenters. The van der Waals surface area contributed by atoms with Gasteiger partial charge in [-0.15, -0.1) is 0 Å². The summed E-state index contributed by atoms with van der Waals surface area (Å²) in [4.78, 5) is 15.0. The number of rotatable bonds is 5. The molecule has 0 heterocycles. The standard InChI is InChI=1S/C16H20BrNO3/c1-11(2)21-15-9-13(17)12(8-14(15)20-3)16(18-10-19)6-4-5-7-16/h8-9,11H,4-7H2,1-3H3. The van der Waals surface area contributed by atoms with Crippen LogP contribution in [0.5, 0.6) is 11.5 Å². The predicted octanol–water partition coefficient (Wildman–Crippen LogP) is 4.35. The number of halogens is 1. The number of nitrogens with zero attached hydrogens (tertiary/aromatic N) is 1. The summed E-state index contributed by atoms with van der Waals surface area (Å²) in [5.74, 6) is 1.35. The van der Waals surface area contributed by atoms with Gasteiger partial charge in [-0.2, -0.15) is 4.99 Å². The van der Waals surface area contributed by atoms with Gasteiger partial charge in [0.05, 0.1) is 18.8 Å². The zero-order valence-electron chi connectivity index (χ0n) is 12.6. The molecule has 1 saturated carbocycles. The molecular formula is C16H20BrNO3. The molecule has 0 N–H and O–H groups in total. The lowest BCUT2D eigenvalue weighted by Crippen LogP contribution is -2.20. The van der Waals surface area contributed by atoms with Crippen molar-refractivity contribution in [2.45, 2.75) is 51.2 Å². The highest BCUT2D eigenvalue weighted by Crippen LogP contribution is 2.47. The Bertz CT molecular complexity index is 559. The molecule has 0 saturated heterocycles. The second-order valence-corrected chi connectivity index (χ2v) is 6.45. The van der Waals surface area contributed by atoms with Crippen LogP contribution in [0.2, 0.25) is 0 Å². The van der Waals surface area contributed by atoms with Crippen molar-refractivity contribution in [3.05, 3.63) is 22.2 Å². The Morgan fingerprint density at radius 3 is 2.48 bits per heavy atom. The third-order valence-electron chi connectivity index (χ3n) is 3.81. The van der Waals surface area contributed by atoms with Gasteiger partial charge in [0.2, 0.25) is 6.08 Å². The minimum absolute atomic E-state index is 0.0603. The second kappa shape index (κ2) is 6.63. The number of hydrogen-bond donors (Lipinski definition) is 0. The SMILES string of the molecule is COc1cc(C2(N=C=O)CCCC2)c(Br)cc1OC(C)C. The molecule has 1 fully saturated rings. The molecule has 0 radical (unpaired) electrons. The number of ether oxygens (including phenoxy) is 2. The molecule has 0 aliphatic heterocycles. The number of hydrogen-bond acceptors (Lipinski definition) is 4. The van der Waals surface area contributed by atoms with Crippen molar-refractivity contribution in [1.82, 2.24) is 0 Å². The summed E-state index contributed by atoms with van der Waals surface area (Å²) in [6, 6.07) is 3.82. The zero-order valence-corrected chi connectivity index (χ0v) is 14.2. The zero-order chi connectivity index (χ0) is 15.5. The van der Waals surface area contributed by atoms with E-state index in [0.717, 1.165) is 35.7 Å². The minimum Gasteiger partial charge on any atom is -0.493 e. The van der Waals surface area contributed by atoms with Crippen molar-refractivity contribution in [1.29, 1.82) is 0 Å². The molecule has 0 atom stereocenters. The van der Waals surface area contributed by atoms with Crippen LogP contribution in [0, 0.1) is 0 Å². The normalized spacial score (nSPS) is 16.6. The molecule has 0 aromatic heterocycles. The van der Waals surface area contributed by atoms with Crippen LogP contribution in [-0.4, -0.2) is 19.3 Å². The summed E-state index contributed by atoms with van der Waals surface area (Å²) < 4.78 is 12.1. The molecule has 0 spiro atoms. The first-order chi connectivity index (χ1) is 10.0. The van der Waals surface area contributed by atoms with Crippen molar-refractivity contribution in [3.63, 3.8) is 0 Å². The summed E-state index contributed by atoms with van der Waals surface area (Å²) in [7, 11) is 1.62. The van der Waals surface area contributed by atoms with Crippen molar-refractivity contribution < 1.29 is 14.3 Å². The fourth-order valence-corrected chi connectivity index (χ4v) is 3.58. The van der Waals surface area contributed by atoms with Gasteiger partial charge in [-0.3, -0.25) is 0 Å². The van der Waals surface area contributed by atoms with Crippen LogP contribution in [0.4, 0.5) is 0 Å². The highest BCUT2D eigenvalue weighted by molar-refractivity contribution is 9.10. The van der Waals surface area contributed by atoms with Gasteiger partial charge in [0.15, 0.2) is 11.5 Å². The molecule has 2 rings (SSSR count). The fraction of sp³-hybridized carbons (Fsp3) is 0.562. The van der Waals surface area contributed by atoms with Crippen molar-refractivity contribution >= 4 is 22.0 Å². The van der Waals surface area contributed by atoms with Crippen molar-refractivity contribution in [2.24, 2.45) is 4.99 Å². The first-order valence-corrected chi connectivity index (χ1v) is 7.95. The molecule has 1 aliphatic rings. The van der Waals surface area contributed by atoms with Crippen LogP contribution in [0.3, 0.4) is 0 Å². The fourth-order valence-electron chi connectivity index (χ4n) is 2.89. The van der Waals surface area contributed by atoms with Crippen molar-refractivity contribution in [3.8, 4) is 11.5 Å². The molecule has 1 aromatic carbocycles. The molecule has 1 aromatic rings. The summed E-state index contributed by atoms with van der Waals surface area (Å²) in [5.41, 5.74) is 0.487. The van der Waals surface area contributed by atoms with E-state index in [1.165, 1.54) is 0 Å². The average molecular weight is 354 g/mol. The Labute approximate surface area is 133 Å².